The molecule has 1 fully saturated rings. The molecular weight excluding hydrogens is 290 g/mol. The van der Waals surface area contributed by atoms with Crippen LogP contribution in [0.2, 0.25) is 5.02 Å². The molecule has 0 saturated carbocycles. The number of carbonyl (C=O) groups excluding carboxylic acids is 1. The lowest BCUT2D eigenvalue weighted by Gasteiger charge is -2.21. The zero-order valence-corrected chi connectivity index (χ0v) is 12.3. The van der Waals surface area contributed by atoms with Crippen LogP contribution in [0.3, 0.4) is 0 Å². The van der Waals surface area contributed by atoms with Crippen LogP contribution >= 0.6 is 11.6 Å². The van der Waals surface area contributed by atoms with E-state index in [-0.39, 0.29) is 5.91 Å². The predicted molar refractivity (Wildman–Crippen MR) is 78.5 cm³/mol. The van der Waals surface area contributed by atoms with Gasteiger partial charge in [-0.2, -0.15) is 4.68 Å². The normalized spacial score (nSPS) is 15.8. The fourth-order valence-electron chi connectivity index (χ4n) is 2.59. The standard InChI is InChI=1S/C14H16ClN5O/c15-11-5-6-12(13(9-11)20-10-16-17-18-20)14(21)19-7-3-1-2-4-8-19/h5-6,9-10H,1-4,7-8H2. The molecule has 0 N–H and O–H groups in total. The second-order valence-corrected chi connectivity index (χ2v) is 5.56. The smallest absolute Gasteiger partial charge is 0.256 e. The predicted octanol–water partition coefficient (Wildman–Crippen LogP) is 2.33. The molecule has 2 aromatic rings. The molecule has 1 aliphatic rings. The third kappa shape index (κ3) is 3.05. The van der Waals surface area contributed by atoms with Crippen LogP contribution in [0.25, 0.3) is 5.69 Å². The van der Waals surface area contributed by atoms with E-state index in [0.717, 1.165) is 25.9 Å². The highest BCUT2D eigenvalue weighted by Gasteiger charge is 2.21. The summed E-state index contributed by atoms with van der Waals surface area (Å²) >= 11 is 6.04. The third-order valence-corrected chi connectivity index (χ3v) is 3.91. The van der Waals surface area contributed by atoms with E-state index in [9.17, 15) is 4.79 Å². The number of hydrogen-bond donors (Lipinski definition) is 0. The number of halogens is 1. The van der Waals surface area contributed by atoms with Crippen molar-refractivity contribution in [2.75, 3.05) is 13.1 Å². The Bertz CT molecular complexity index is 620. The molecule has 110 valence electrons. The van der Waals surface area contributed by atoms with Gasteiger partial charge in [-0.15, -0.1) is 5.10 Å². The van der Waals surface area contributed by atoms with Crippen molar-refractivity contribution in [1.29, 1.82) is 0 Å². The maximum atomic E-state index is 12.8. The van der Waals surface area contributed by atoms with Crippen LogP contribution in [-0.4, -0.2) is 44.1 Å². The van der Waals surface area contributed by atoms with E-state index in [0.29, 0.717) is 16.3 Å². The van der Waals surface area contributed by atoms with E-state index in [2.05, 4.69) is 15.5 Å². The minimum absolute atomic E-state index is 0.0130. The van der Waals surface area contributed by atoms with Crippen molar-refractivity contribution in [1.82, 2.24) is 25.1 Å². The highest BCUT2D eigenvalue weighted by atomic mass is 35.5. The molecule has 1 aliphatic heterocycles. The van der Waals surface area contributed by atoms with Gasteiger partial charge in [0.15, 0.2) is 0 Å². The number of hydrogen-bond acceptors (Lipinski definition) is 4. The molecule has 0 atom stereocenters. The van der Waals surface area contributed by atoms with Crippen molar-refractivity contribution in [3.05, 3.63) is 35.1 Å². The Hall–Kier alpha value is -1.95. The lowest BCUT2D eigenvalue weighted by molar-refractivity contribution is 0.0761. The van der Waals surface area contributed by atoms with Gasteiger partial charge in [0.05, 0.1) is 11.3 Å². The molecular formula is C14H16ClN5O. The molecule has 3 rings (SSSR count). The maximum Gasteiger partial charge on any atom is 0.256 e. The molecule has 21 heavy (non-hydrogen) atoms. The quantitative estimate of drug-likeness (QED) is 0.854. The van der Waals surface area contributed by atoms with E-state index in [1.165, 1.54) is 23.9 Å². The van der Waals surface area contributed by atoms with Crippen molar-refractivity contribution < 1.29 is 4.79 Å². The molecule has 0 radical (unpaired) electrons. The second kappa shape index (κ2) is 6.22. The summed E-state index contributed by atoms with van der Waals surface area (Å²) in [7, 11) is 0. The average Bonchev–Trinajstić information content (AvgIpc) is 2.89. The number of amides is 1. The van der Waals surface area contributed by atoms with Gasteiger partial charge in [-0.05, 0) is 41.5 Å². The number of nitrogens with zero attached hydrogens (tertiary/aromatic N) is 5. The summed E-state index contributed by atoms with van der Waals surface area (Å²) in [5.41, 5.74) is 1.19. The number of likely N-dealkylation sites (tertiary alicyclic amines) is 1. The van der Waals surface area contributed by atoms with Gasteiger partial charge in [0.2, 0.25) is 0 Å². The van der Waals surface area contributed by atoms with Crippen LogP contribution < -0.4 is 0 Å². The fourth-order valence-corrected chi connectivity index (χ4v) is 2.76. The van der Waals surface area contributed by atoms with Gasteiger partial charge in [0.25, 0.3) is 5.91 Å². The summed E-state index contributed by atoms with van der Waals surface area (Å²) in [4.78, 5) is 14.7. The zero-order chi connectivity index (χ0) is 14.7. The Morgan fingerprint density at radius 1 is 1.14 bits per heavy atom. The average molecular weight is 306 g/mol. The Morgan fingerprint density at radius 3 is 2.57 bits per heavy atom. The molecule has 0 spiro atoms. The first-order valence-electron chi connectivity index (χ1n) is 7.08. The summed E-state index contributed by atoms with van der Waals surface area (Å²) in [6.45, 7) is 1.60. The summed E-state index contributed by atoms with van der Waals surface area (Å²) < 4.78 is 1.47. The Kier molecular flexibility index (Phi) is 4.15. The second-order valence-electron chi connectivity index (χ2n) is 5.12. The molecule has 0 unspecified atom stereocenters. The summed E-state index contributed by atoms with van der Waals surface area (Å²) in [5, 5.41) is 11.7. The lowest BCUT2D eigenvalue weighted by atomic mass is 10.1. The van der Waals surface area contributed by atoms with Gasteiger partial charge >= 0.3 is 0 Å². The third-order valence-electron chi connectivity index (χ3n) is 3.68. The van der Waals surface area contributed by atoms with E-state index in [1.54, 1.807) is 18.2 Å². The fraction of sp³-hybridized carbons (Fsp3) is 0.429. The molecule has 0 bridgehead atoms. The summed E-state index contributed by atoms with van der Waals surface area (Å²) in [5.74, 6) is 0.0130. The molecule has 1 amide bonds. The molecule has 0 aliphatic carbocycles. The largest absolute Gasteiger partial charge is 0.339 e. The van der Waals surface area contributed by atoms with Crippen LogP contribution in [0, 0.1) is 0 Å². The number of rotatable bonds is 2. The van der Waals surface area contributed by atoms with E-state index < -0.39 is 0 Å². The van der Waals surface area contributed by atoms with Gasteiger partial charge in [0.1, 0.15) is 6.33 Å². The maximum absolute atomic E-state index is 12.8. The van der Waals surface area contributed by atoms with Gasteiger partial charge in [0, 0.05) is 18.1 Å². The topological polar surface area (TPSA) is 63.9 Å². The number of benzene rings is 1. The number of aromatic nitrogens is 4. The lowest BCUT2D eigenvalue weighted by Crippen LogP contribution is -2.32. The SMILES string of the molecule is O=C(c1ccc(Cl)cc1-n1cnnn1)N1CCCCCC1. The first kappa shape index (κ1) is 14.0. The Balaban J connectivity index is 1.95. The number of tetrazole rings is 1. The van der Waals surface area contributed by atoms with Gasteiger partial charge in [-0.25, -0.2) is 0 Å². The molecule has 1 aromatic heterocycles. The van der Waals surface area contributed by atoms with Crippen LogP contribution in [0.4, 0.5) is 0 Å². The van der Waals surface area contributed by atoms with Crippen LogP contribution in [0.1, 0.15) is 36.0 Å². The summed E-state index contributed by atoms with van der Waals surface area (Å²) in [6, 6.07) is 5.18. The highest BCUT2D eigenvalue weighted by Crippen LogP contribution is 2.22. The molecule has 1 aromatic carbocycles. The van der Waals surface area contributed by atoms with E-state index >= 15 is 0 Å². The minimum atomic E-state index is 0.0130. The van der Waals surface area contributed by atoms with Crippen molar-refractivity contribution in [3.8, 4) is 5.69 Å². The van der Waals surface area contributed by atoms with Crippen molar-refractivity contribution in [3.63, 3.8) is 0 Å². The van der Waals surface area contributed by atoms with Crippen molar-refractivity contribution in [2.24, 2.45) is 0 Å². The van der Waals surface area contributed by atoms with Gasteiger partial charge in [-0.1, -0.05) is 24.4 Å². The Labute approximate surface area is 127 Å². The van der Waals surface area contributed by atoms with Crippen LogP contribution in [0.15, 0.2) is 24.5 Å². The zero-order valence-electron chi connectivity index (χ0n) is 11.6. The highest BCUT2D eigenvalue weighted by molar-refractivity contribution is 6.31. The van der Waals surface area contributed by atoms with Crippen molar-refractivity contribution in [2.45, 2.75) is 25.7 Å². The molecule has 1 saturated heterocycles. The molecule has 7 heteroatoms. The van der Waals surface area contributed by atoms with E-state index in [4.69, 9.17) is 11.6 Å². The van der Waals surface area contributed by atoms with Gasteiger partial charge < -0.3 is 4.90 Å². The summed E-state index contributed by atoms with van der Waals surface area (Å²) in [6.07, 6.45) is 5.94. The molecule has 6 nitrogen and oxygen atoms in total. The minimum Gasteiger partial charge on any atom is -0.339 e. The van der Waals surface area contributed by atoms with Crippen LogP contribution in [0.5, 0.6) is 0 Å². The Morgan fingerprint density at radius 2 is 1.90 bits per heavy atom. The van der Waals surface area contributed by atoms with Gasteiger partial charge in [-0.3, -0.25) is 4.79 Å². The van der Waals surface area contributed by atoms with E-state index in [1.807, 2.05) is 4.90 Å². The van der Waals surface area contributed by atoms with Crippen LogP contribution in [-0.2, 0) is 0 Å². The number of carbonyl (C=O) groups is 1. The monoisotopic (exact) mass is 305 g/mol. The first-order chi connectivity index (χ1) is 10.3. The van der Waals surface area contributed by atoms with Crippen molar-refractivity contribution >= 4 is 17.5 Å². The first-order valence-corrected chi connectivity index (χ1v) is 7.46. The molecule has 2 heterocycles.